The molecule has 2 aromatic carbocycles. The highest BCUT2D eigenvalue weighted by atomic mass is 32.2. The van der Waals surface area contributed by atoms with Crippen LogP contribution in [-0.2, 0) is 16.6 Å². The lowest BCUT2D eigenvalue weighted by atomic mass is 10.2. The van der Waals surface area contributed by atoms with Crippen LogP contribution >= 0.6 is 0 Å². The van der Waals surface area contributed by atoms with Crippen LogP contribution in [-0.4, -0.2) is 27.4 Å². The lowest BCUT2D eigenvalue weighted by Crippen LogP contribution is -2.18. The van der Waals surface area contributed by atoms with E-state index in [2.05, 4.69) is 4.72 Å². The molecule has 4 nitrogen and oxygen atoms in total. The van der Waals surface area contributed by atoms with Gasteiger partial charge in [0.2, 0.25) is 0 Å². The summed E-state index contributed by atoms with van der Waals surface area (Å²) in [5.41, 5.74) is 1.95. The minimum absolute atomic E-state index is 0.349. The Morgan fingerprint density at radius 3 is 2.45 bits per heavy atom. The summed E-state index contributed by atoms with van der Waals surface area (Å²) in [6.45, 7) is 2.29. The van der Waals surface area contributed by atoms with E-state index in [9.17, 15) is 12.8 Å². The zero-order valence-corrected chi connectivity index (χ0v) is 13.6. The Balaban J connectivity index is 2.37. The van der Waals surface area contributed by atoms with Gasteiger partial charge in [-0.1, -0.05) is 24.3 Å². The molecule has 0 unspecified atom stereocenters. The summed E-state index contributed by atoms with van der Waals surface area (Å²) in [5, 5.41) is 0. The number of benzene rings is 2. The zero-order chi connectivity index (χ0) is 16.3. The molecule has 0 aromatic heterocycles. The Morgan fingerprint density at radius 2 is 1.82 bits per heavy atom. The molecule has 1 N–H and O–H groups in total. The number of anilines is 1. The molecule has 0 aliphatic carbocycles. The molecule has 0 heterocycles. The van der Waals surface area contributed by atoms with Crippen molar-refractivity contribution in [2.75, 3.05) is 18.8 Å². The first-order valence-corrected chi connectivity index (χ1v) is 8.29. The van der Waals surface area contributed by atoms with Crippen LogP contribution in [0.3, 0.4) is 0 Å². The first-order chi connectivity index (χ1) is 10.3. The summed E-state index contributed by atoms with van der Waals surface area (Å²) in [6, 6.07) is 11.1. The topological polar surface area (TPSA) is 49.4 Å². The van der Waals surface area contributed by atoms with Crippen molar-refractivity contribution in [1.82, 2.24) is 4.90 Å². The average molecular weight is 322 g/mol. The second kappa shape index (κ2) is 6.46. The molecule has 0 spiro atoms. The molecule has 6 heteroatoms. The van der Waals surface area contributed by atoms with Gasteiger partial charge in [-0.05, 0) is 50.3 Å². The summed E-state index contributed by atoms with van der Waals surface area (Å²) >= 11 is 0. The maximum atomic E-state index is 13.9. The third-order valence-corrected chi connectivity index (χ3v) is 4.52. The monoisotopic (exact) mass is 322 g/mol. The van der Waals surface area contributed by atoms with Crippen molar-refractivity contribution in [3.05, 3.63) is 59.4 Å². The van der Waals surface area contributed by atoms with Gasteiger partial charge in [0.15, 0.2) is 0 Å². The Labute approximate surface area is 130 Å². The van der Waals surface area contributed by atoms with Gasteiger partial charge in [-0.2, -0.15) is 0 Å². The van der Waals surface area contributed by atoms with Crippen LogP contribution in [0.5, 0.6) is 0 Å². The third-order valence-electron chi connectivity index (χ3n) is 3.13. The molecule has 22 heavy (non-hydrogen) atoms. The molecule has 0 bridgehead atoms. The lowest BCUT2D eigenvalue weighted by molar-refractivity contribution is 0.403. The fourth-order valence-electron chi connectivity index (χ4n) is 2.12. The molecule has 0 fully saturated rings. The van der Waals surface area contributed by atoms with Crippen molar-refractivity contribution in [1.29, 1.82) is 0 Å². The van der Waals surface area contributed by atoms with E-state index in [1.54, 1.807) is 25.1 Å². The molecule has 2 aromatic rings. The van der Waals surface area contributed by atoms with Crippen LogP contribution in [0.25, 0.3) is 0 Å². The molecule has 2 rings (SSSR count). The van der Waals surface area contributed by atoms with Gasteiger partial charge in [-0.3, -0.25) is 4.72 Å². The molecular formula is C16H19FN2O2S. The molecule has 0 aliphatic heterocycles. The number of nitrogens with one attached hydrogen (secondary N) is 1. The summed E-state index contributed by atoms with van der Waals surface area (Å²) < 4.78 is 41.2. The molecule has 0 aliphatic rings. The molecule has 0 saturated carbocycles. The molecule has 0 radical (unpaired) electrons. The van der Waals surface area contributed by atoms with E-state index in [1.807, 2.05) is 31.1 Å². The molecular weight excluding hydrogens is 303 g/mol. The van der Waals surface area contributed by atoms with Gasteiger partial charge in [0.25, 0.3) is 10.0 Å². The van der Waals surface area contributed by atoms with Gasteiger partial charge in [0.05, 0.1) is 5.69 Å². The third kappa shape index (κ3) is 3.84. The maximum Gasteiger partial charge on any atom is 0.264 e. The minimum Gasteiger partial charge on any atom is -0.305 e. The standard InChI is InChI=1S/C16H19FN2O2S/c1-12-8-9-16(14(17)10-12)22(20,21)18-15-7-5-4-6-13(15)11-19(2)3/h4-10,18H,11H2,1-3H3. The fourth-order valence-corrected chi connectivity index (χ4v) is 3.28. The summed E-state index contributed by atoms with van der Waals surface area (Å²) in [7, 11) is -0.175. The Hall–Kier alpha value is -1.92. The Morgan fingerprint density at radius 1 is 1.14 bits per heavy atom. The van der Waals surface area contributed by atoms with Gasteiger partial charge in [-0.15, -0.1) is 0 Å². The first kappa shape index (κ1) is 16.5. The predicted octanol–water partition coefficient (Wildman–Crippen LogP) is 3.00. The maximum absolute atomic E-state index is 13.9. The van der Waals surface area contributed by atoms with Crippen LogP contribution in [0.1, 0.15) is 11.1 Å². The van der Waals surface area contributed by atoms with Gasteiger partial charge in [0.1, 0.15) is 10.7 Å². The first-order valence-electron chi connectivity index (χ1n) is 6.81. The number of aryl methyl sites for hydroxylation is 1. The Bertz CT molecular complexity index is 773. The van der Waals surface area contributed by atoms with Gasteiger partial charge < -0.3 is 4.90 Å². The smallest absolute Gasteiger partial charge is 0.264 e. The van der Waals surface area contributed by atoms with Crippen molar-refractivity contribution < 1.29 is 12.8 Å². The van der Waals surface area contributed by atoms with Crippen molar-refractivity contribution in [3.63, 3.8) is 0 Å². The predicted molar refractivity (Wildman–Crippen MR) is 85.8 cm³/mol. The normalized spacial score (nSPS) is 11.7. The SMILES string of the molecule is Cc1ccc(S(=O)(=O)Nc2ccccc2CN(C)C)c(F)c1. The van der Waals surface area contributed by atoms with E-state index < -0.39 is 15.8 Å². The number of nitrogens with zero attached hydrogens (tertiary/aromatic N) is 1. The van der Waals surface area contributed by atoms with Gasteiger partial charge in [0, 0.05) is 6.54 Å². The molecule has 0 atom stereocenters. The van der Waals surface area contributed by atoms with Crippen LogP contribution in [0, 0.1) is 12.7 Å². The molecule has 0 saturated heterocycles. The van der Waals surface area contributed by atoms with E-state index in [4.69, 9.17) is 0 Å². The Kier molecular flexibility index (Phi) is 4.83. The van der Waals surface area contributed by atoms with Crippen LogP contribution in [0.4, 0.5) is 10.1 Å². The van der Waals surface area contributed by atoms with E-state index in [-0.39, 0.29) is 4.90 Å². The fraction of sp³-hybridized carbons (Fsp3) is 0.250. The van der Waals surface area contributed by atoms with Gasteiger partial charge >= 0.3 is 0 Å². The summed E-state index contributed by atoms with van der Waals surface area (Å²) in [4.78, 5) is 1.58. The second-order valence-electron chi connectivity index (χ2n) is 5.43. The molecule has 118 valence electrons. The largest absolute Gasteiger partial charge is 0.305 e. The number of para-hydroxylation sites is 1. The van der Waals surface area contributed by atoms with E-state index in [0.717, 1.165) is 5.56 Å². The number of sulfonamides is 1. The van der Waals surface area contributed by atoms with Crippen molar-refractivity contribution in [2.45, 2.75) is 18.4 Å². The van der Waals surface area contributed by atoms with E-state index >= 15 is 0 Å². The number of rotatable bonds is 5. The van der Waals surface area contributed by atoms with Crippen LogP contribution in [0.15, 0.2) is 47.4 Å². The van der Waals surface area contributed by atoms with Crippen molar-refractivity contribution in [2.24, 2.45) is 0 Å². The average Bonchev–Trinajstić information content (AvgIpc) is 2.39. The number of hydrogen-bond donors (Lipinski definition) is 1. The number of hydrogen-bond acceptors (Lipinski definition) is 3. The highest BCUT2D eigenvalue weighted by Gasteiger charge is 2.20. The minimum atomic E-state index is -3.96. The molecule has 0 amide bonds. The number of halogens is 1. The van der Waals surface area contributed by atoms with E-state index in [0.29, 0.717) is 17.8 Å². The lowest BCUT2D eigenvalue weighted by Gasteiger charge is -2.16. The van der Waals surface area contributed by atoms with Gasteiger partial charge in [-0.25, -0.2) is 12.8 Å². The van der Waals surface area contributed by atoms with Crippen molar-refractivity contribution in [3.8, 4) is 0 Å². The van der Waals surface area contributed by atoms with E-state index in [1.165, 1.54) is 12.1 Å². The van der Waals surface area contributed by atoms with Crippen LogP contribution in [0.2, 0.25) is 0 Å². The quantitative estimate of drug-likeness (QED) is 0.920. The highest BCUT2D eigenvalue weighted by molar-refractivity contribution is 7.92. The van der Waals surface area contributed by atoms with Crippen LogP contribution < -0.4 is 4.72 Å². The van der Waals surface area contributed by atoms with Crippen molar-refractivity contribution >= 4 is 15.7 Å². The highest BCUT2D eigenvalue weighted by Crippen LogP contribution is 2.23. The summed E-state index contributed by atoms with van der Waals surface area (Å²) in [6.07, 6.45) is 0. The summed E-state index contributed by atoms with van der Waals surface area (Å²) in [5.74, 6) is -0.752. The zero-order valence-electron chi connectivity index (χ0n) is 12.8. The second-order valence-corrected chi connectivity index (χ2v) is 7.09.